The summed E-state index contributed by atoms with van der Waals surface area (Å²) in [5.74, 6) is -2.89. The van der Waals surface area contributed by atoms with Gasteiger partial charge in [0.15, 0.2) is 0 Å². The van der Waals surface area contributed by atoms with E-state index in [9.17, 15) is 18.0 Å². The van der Waals surface area contributed by atoms with E-state index in [4.69, 9.17) is 16.7 Å². The minimum Gasteiger partial charge on any atom is -0.481 e. The maximum atomic E-state index is 13.1. The average Bonchev–Trinajstić information content (AvgIpc) is 2.19. The molecule has 1 N–H and O–H groups in total. The zero-order valence-corrected chi connectivity index (χ0v) is 8.64. The van der Waals surface area contributed by atoms with Crippen LogP contribution in [0.1, 0.15) is 23.1 Å². The normalized spacial score (nSPS) is 10.8. The van der Waals surface area contributed by atoms with Crippen LogP contribution >= 0.6 is 11.6 Å². The molecule has 0 radical (unpaired) electrons. The third-order valence-corrected chi connectivity index (χ3v) is 2.23. The van der Waals surface area contributed by atoms with Crippen LogP contribution in [0.4, 0.5) is 13.2 Å². The Morgan fingerprint density at radius 1 is 1.56 bits per heavy atom. The smallest absolute Gasteiger partial charge is 0.308 e. The Morgan fingerprint density at radius 2 is 2.19 bits per heavy atom. The number of rotatable bonds is 4. The molecule has 88 valence electrons. The van der Waals surface area contributed by atoms with Gasteiger partial charge in [-0.25, -0.2) is 13.8 Å². The van der Waals surface area contributed by atoms with E-state index < -0.39 is 35.9 Å². The summed E-state index contributed by atoms with van der Waals surface area (Å²) in [6, 6.07) is 0. The Morgan fingerprint density at radius 3 is 2.62 bits per heavy atom. The molecule has 0 aromatic carbocycles. The van der Waals surface area contributed by atoms with Gasteiger partial charge in [0.25, 0.3) is 6.43 Å². The minimum absolute atomic E-state index is 0.0608. The molecule has 1 rings (SSSR count). The first-order valence-corrected chi connectivity index (χ1v) is 4.72. The largest absolute Gasteiger partial charge is 0.481 e. The second-order valence-electron chi connectivity index (χ2n) is 2.97. The fourth-order valence-electron chi connectivity index (χ4n) is 1.28. The van der Waals surface area contributed by atoms with Crippen molar-refractivity contribution >= 4 is 17.6 Å². The molecule has 7 heteroatoms. The van der Waals surface area contributed by atoms with E-state index in [1.807, 2.05) is 0 Å². The van der Waals surface area contributed by atoms with Crippen LogP contribution in [0.25, 0.3) is 0 Å². The van der Waals surface area contributed by atoms with Crippen molar-refractivity contribution in [2.45, 2.75) is 18.7 Å². The Bertz CT molecular complexity index is 412. The van der Waals surface area contributed by atoms with Crippen molar-refractivity contribution in [1.29, 1.82) is 0 Å². The average molecular weight is 254 g/mol. The first kappa shape index (κ1) is 12.8. The molecule has 1 aromatic heterocycles. The van der Waals surface area contributed by atoms with E-state index >= 15 is 0 Å². The van der Waals surface area contributed by atoms with Crippen LogP contribution in [0.2, 0.25) is 0 Å². The number of alkyl halides is 3. The summed E-state index contributed by atoms with van der Waals surface area (Å²) in [4.78, 5) is 13.6. The molecule has 0 amide bonds. The molecule has 0 aliphatic heterocycles. The highest BCUT2D eigenvalue weighted by Crippen LogP contribution is 2.29. The van der Waals surface area contributed by atoms with Gasteiger partial charge in [-0.05, 0) is 5.56 Å². The molecule has 0 atom stereocenters. The maximum Gasteiger partial charge on any atom is 0.308 e. The van der Waals surface area contributed by atoms with E-state index in [0.29, 0.717) is 0 Å². The van der Waals surface area contributed by atoms with Crippen LogP contribution in [-0.4, -0.2) is 16.1 Å². The molecule has 1 aromatic rings. The number of aromatic nitrogens is 1. The van der Waals surface area contributed by atoms with Crippen molar-refractivity contribution in [2.24, 2.45) is 0 Å². The lowest BCUT2D eigenvalue weighted by Gasteiger charge is -2.11. The topological polar surface area (TPSA) is 50.2 Å². The van der Waals surface area contributed by atoms with E-state index in [1.165, 1.54) is 0 Å². The number of halogens is 4. The van der Waals surface area contributed by atoms with Gasteiger partial charge in [0, 0.05) is 23.2 Å². The molecule has 0 aliphatic rings. The molecule has 0 aliphatic carbocycles. The summed E-state index contributed by atoms with van der Waals surface area (Å²) in [5.41, 5.74) is -1.35. The molecule has 16 heavy (non-hydrogen) atoms. The number of carboxylic acids is 1. The molecule has 0 bridgehead atoms. The molecular weight excluding hydrogens is 247 g/mol. The zero-order valence-electron chi connectivity index (χ0n) is 7.88. The lowest BCUT2D eigenvalue weighted by Crippen LogP contribution is -2.10. The predicted molar refractivity (Wildman–Crippen MR) is 50.0 cm³/mol. The summed E-state index contributed by atoms with van der Waals surface area (Å²) >= 11 is 5.39. The fraction of sp³-hybridized carbons (Fsp3) is 0.333. The summed E-state index contributed by atoms with van der Waals surface area (Å²) in [6.45, 7) is 0. The molecule has 1 heterocycles. The van der Waals surface area contributed by atoms with Gasteiger partial charge in [-0.1, -0.05) is 0 Å². The van der Waals surface area contributed by atoms with E-state index in [-0.39, 0.29) is 11.4 Å². The van der Waals surface area contributed by atoms with Crippen LogP contribution in [-0.2, 0) is 17.1 Å². The summed E-state index contributed by atoms with van der Waals surface area (Å²) < 4.78 is 38.5. The van der Waals surface area contributed by atoms with Crippen LogP contribution in [0.15, 0.2) is 6.20 Å². The molecule has 0 spiro atoms. The van der Waals surface area contributed by atoms with E-state index in [0.717, 1.165) is 6.20 Å². The van der Waals surface area contributed by atoms with Crippen molar-refractivity contribution in [1.82, 2.24) is 4.98 Å². The van der Waals surface area contributed by atoms with Crippen LogP contribution in [0, 0.1) is 5.95 Å². The first-order valence-electron chi connectivity index (χ1n) is 4.19. The summed E-state index contributed by atoms with van der Waals surface area (Å²) in [5, 5.41) is 8.49. The number of carbonyl (C=O) groups is 1. The van der Waals surface area contributed by atoms with Gasteiger partial charge in [0.1, 0.15) is 0 Å². The monoisotopic (exact) mass is 253 g/mol. The van der Waals surface area contributed by atoms with Crippen LogP contribution in [0.3, 0.4) is 0 Å². The number of hydrogen-bond donors (Lipinski definition) is 1. The highest BCUT2D eigenvalue weighted by atomic mass is 35.5. The van der Waals surface area contributed by atoms with Gasteiger partial charge in [0.2, 0.25) is 5.95 Å². The number of carboxylic acid groups (broad SMARTS) is 1. The highest BCUT2D eigenvalue weighted by Gasteiger charge is 2.23. The van der Waals surface area contributed by atoms with Crippen molar-refractivity contribution in [3.8, 4) is 0 Å². The first-order chi connectivity index (χ1) is 7.47. The quantitative estimate of drug-likeness (QED) is 0.663. The number of hydrogen-bond acceptors (Lipinski definition) is 2. The molecule has 3 nitrogen and oxygen atoms in total. The third kappa shape index (κ3) is 2.63. The van der Waals surface area contributed by atoms with Crippen molar-refractivity contribution in [3.05, 3.63) is 28.8 Å². The minimum atomic E-state index is -2.99. The fourth-order valence-corrected chi connectivity index (χ4v) is 1.50. The number of aliphatic carboxylic acids is 1. The molecule has 0 fully saturated rings. The Hall–Kier alpha value is -1.30. The number of pyridine rings is 1. The van der Waals surface area contributed by atoms with Crippen molar-refractivity contribution in [2.75, 3.05) is 0 Å². The lowest BCUT2D eigenvalue weighted by atomic mass is 10.0. The molecule has 0 saturated carbocycles. The van der Waals surface area contributed by atoms with Gasteiger partial charge in [0.05, 0.1) is 6.42 Å². The second kappa shape index (κ2) is 5.16. The van der Waals surface area contributed by atoms with Crippen molar-refractivity contribution in [3.63, 3.8) is 0 Å². The lowest BCUT2D eigenvalue weighted by molar-refractivity contribution is -0.136. The van der Waals surface area contributed by atoms with Gasteiger partial charge < -0.3 is 5.11 Å². The Labute approximate surface area is 93.9 Å². The van der Waals surface area contributed by atoms with Crippen molar-refractivity contribution < 1.29 is 23.1 Å². The third-order valence-electron chi connectivity index (χ3n) is 1.94. The highest BCUT2D eigenvalue weighted by molar-refractivity contribution is 6.17. The summed E-state index contributed by atoms with van der Waals surface area (Å²) in [7, 11) is 0. The molecular formula is C9H7ClF3NO2. The molecule has 0 unspecified atom stereocenters. The Balaban J connectivity index is 3.35. The summed E-state index contributed by atoms with van der Waals surface area (Å²) in [6.07, 6.45) is -2.95. The van der Waals surface area contributed by atoms with Crippen LogP contribution < -0.4 is 0 Å². The van der Waals surface area contributed by atoms with E-state index in [2.05, 4.69) is 4.98 Å². The zero-order chi connectivity index (χ0) is 12.3. The maximum absolute atomic E-state index is 13.1. The van der Waals surface area contributed by atoms with Crippen LogP contribution in [0.5, 0.6) is 0 Å². The van der Waals surface area contributed by atoms with Gasteiger partial charge in [-0.15, -0.1) is 11.6 Å². The number of nitrogens with zero attached hydrogens (tertiary/aromatic N) is 1. The van der Waals surface area contributed by atoms with E-state index in [1.54, 1.807) is 0 Å². The predicted octanol–water partition coefficient (Wildman–Crippen LogP) is 2.52. The van der Waals surface area contributed by atoms with Gasteiger partial charge >= 0.3 is 5.97 Å². The van der Waals surface area contributed by atoms with Gasteiger partial charge in [-0.2, -0.15) is 4.39 Å². The van der Waals surface area contributed by atoms with Gasteiger partial charge in [-0.3, -0.25) is 4.79 Å². The SMILES string of the molecule is O=C(O)Cc1c(F)ncc(CCl)c1C(F)F. The second-order valence-corrected chi connectivity index (χ2v) is 3.24. The standard InChI is InChI=1S/C9H7ClF3NO2/c10-2-4-3-14-9(13)5(1-6(15)16)7(4)8(11)12/h3,8H,1-2H2,(H,15,16). The Kier molecular flexibility index (Phi) is 4.12. The molecule has 0 saturated heterocycles.